The zero-order valence-electron chi connectivity index (χ0n) is 11.8. The molecule has 0 aromatic rings. The smallest absolute Gasteiger partial charge is 0.239 e. The minimum absolute atomic E-state index is 0.100. The van der Waals surface area contributed by atoms with Crippen LogP contribution in [0.3, 0.4) is 0 Å². The summed E-state index contributed by atoms with van der Waals surface area (Å²) in [6.07, 6.45) is 7.00. The van der Waals surface area contributed by atoms with Gasteiger partial charge in [0.25, 0.3) is 0 Å². The van der Waals surface area contributed by atoms with Gasteiger partial charge in [0.1, 0.15) is 0 Å². The Morgan fingerprint density at radius 1 is 1.18 bits per heavy atom. The van der Waals surface area contributed by atoms with E-state index < -0.39 is 5.54 Å². The van der Waals surface area contributed by atoms with Crippen LogP contribution < -0.4 is 10.6 Å². The molecule has 0 saturated carbocycles. The Bertz CT molecular complexity index is 208. The highest BCUT2D eigenvalue weighted by Crippen LogP contribution is 2.05. The van der Waals surface area contributed by atoms with Crippen molar-refractivity contribution in [2.24, 2.45) is 0 Å². The first kappa shape index (κ1) is 16.8. The number of carbonyl (C=O) groups excluding carboxylic acids is 1. The van der Waals surface area contributed by atoms with E-state index in [2.05, 4.69) is 16.9 Å². The predicted octanol–water partition coefficient (Wildman–Crippen LogP) is 2.41. The number of unbranched alkanes of at least 4 members (excludes halogenated alkanes) is 3. The van der Waals surface area contributed by atoms with Crippen molar-refractivity contribution < 1.29 is 4.79 Å². The summed E-state index contributed by atoms with van der Waals surface area (Å²) in [5.74, 6) is 1.35. The van der Waals surface area contributed by atoms with Crippen LogP contribution in [0.4, 0.5) is 0 Å². The third kappa shape index (κ3) is 8.50. The van der Waals surface area contributed by atoms with Crippen molar-refractivity contribution in [1.29, 1.82) is 0 Å². The molecule has 3 nitrogen and oxygen atoms in total. The van der Waals surface area contributed by atoms with Gasteiger partial charge in [0.2, 0.25) is 5.91 Å². The van der Waals surface area contributed by atoms with Crippen LogP contribution in [0.25, 0.3) is 0 Å². The minimum Gasteiger partial charge on any atom is -0.355 e. The van der Waals surface area contributed by atoms with Crippen LogP contribution in [0.1, 0.15) is 46.5 Å². The highest BCUT2D eigenvalue weighted by molar-refractivity contribution is 7.98. The third-order valence-electron chi connectivity index (χ3n) is 2.75. The van der Waals surface area contributed by atoms with Crippen molar-refractivity contribution in [3.63, 3.8) is 0 Å². The SMILES string of the molecule is CCNC(C)(C)C(=O)NCCCCCCSC. The molecule has 102 valence electrons. The molecule has 0 aliphatic rings. The van der Waals surface area contributed by atoms with E-state index in [-0.39, 0.29) is 5.91 Å². The van der Waals surface area contributed by atoms with Gasteiger partial charge in [-0.25, -0.2) is 0 Å². The van der Waals surface area contributed by atoms with E-state index in [0.29, 0.717) is 0 Å². The molecule has 0 spiro atoms. The number of amides is 1. The zero-order chi connectivity index (χ0) is 13.1. The molecule has 17 heavy (non-hydrogen) atoms. The van der Waals surface area contributed by atoms with Gasteiger partial charge in [-0.1, -0.05) is 19.8 Å². The fourth-order valence-corrected chi connectivity index (χ4v) is 2.16. The van der Waals surface area contributed by atoms with Crippen LogP contribution in [0.2, 0.25) is 0 Å². The Kier molecular flexibility index (Phi) is 9.65. The Hall–Kier alpha value is -0.220. The van der Waals surface area contributed by atoms with Crippen molar-refractivity contribution >= 4 is 17.7 Å². The fraction of sp³-hybridized carbons (Fsp3) is 0.923. The number of hydrogen-bond acceptors (Lipinski definition) is 3. The van der Waals surface area contributed by atoms with Gasteiger partial charge < -0.3 is 10.6 Å². The Morgan fingerprint density at radius 3 is 2.41 bits per heavy atom. The van der Waals surface area contributed by atoms with Crippen LogP contribution in [0, 0.1) is 0 Å². The van der Waals surface area contributed by atoms with E-state index in [1.165, 1.54) is 25.0 Å². The standard InChI is InChI=1S/C13H28N2OS/c1-5-15-13(2,3)12(16)14-10-8-6-7-9-11-17-4/h15H,5-11H2,1-4H3,(H,14,16). The second-order valence-corrected chi connectivity index (χ2v) is 5.80. The number of likely N-dealkylation sites (N-methyl/N-ethyl adjacent to an activating group) is 1. The highest BCUT2D eigenvalue weighted by Gasteiger charge is 2.25. The highest BCUT2D eigenvalue weighted by atomic mass is 32.2. The summed E-state index contributed by atoms with van der Waals surface area (Å²) in [6, 6.07) is 0. The molecule has 0 unspecified atom stereocenters. The summed E-state index contributed by atoms with van der Waals surface area (Å²) in [5, 5.41) is 6.17. The van der Waals surface area contributed by atoms with E-state index in [1.54, 1.807) is 0 Å². The first-order valence-corrected chi connectivity index (χ1v) is 7.96. The molecule has 1 amide bonds. The van der Waals surface area contributed by atoms with Gasteiger partial charge in [-0.15, -0.1) is 0 Å². The molecule has 0 aliphatic carbocycles. The van der Waals surface area contributed by atoms with Crippen molar-refractivity contribution in [3.8, 4) is 0 Å². The van der Waals surface area contributed by atoms with Crippen molar-refractivity contribution in [3.05, 3.63) is 0 Å². The maximum absolute atomic E-state index is 11.8. The normalized spacial score (nSPS) is 11.5. The zero-order valence-corrected chi connectivity index (χ0v) is 12.6. The Labute approximate surface area is 111 Å². The summed E-state index contributed by atoms with van der Waals surface area (Å²) < 4.78 is 0. The quantitative estimate of drug-likeness (QED) is 0.593. The molecule has 4 heteroatoms. The van der Waals surface area contributed by atoms with Crippen molar-refractivity contribution in [2.45, 2.75) is 52.0 Å². The van der Waals surface area contributed by atoms with E-state index in [1.807, 2.05) is 32.5 Å². The van der Waals surface area contributed by atoms with Gasteiger partial charge >= 0.3 is 0 Å². The number of thioether (sulfide) groups is 1. The molecule has 0 aliphatic heterocycles. The maximum Gasteiger partial charge on any atom is 0.239 e. The van der Waals surface area contributed by atoms with Crippen LogP contribution >= 0.6 is 11.8 Å². The summed E-state index contributed by atoms with van der Waals surface area (Å²) in [6.45, 7) is 7.47. The van der Waals surface area contributed by atoms with Gasteiger partial charge in [-0.2, -0.15) is 11.8 Å². The van der Waals surface area contributed by atoms with Crippen molar-refractivity contribution in [2.75, 3.05) is 25.1 Å². The number of rotatable bonds is 10. The summed E-state index contributed by atoms with van der Waals surface area (Å²) in [7, 11) is 0. The monoisotopic (exact) mass is 260 g/mol. The molecular weight excluding hydrogens is 232 g/mol. The molecule has 0 bridgehead atoms. The minimum atomic E-state index is -0.451. The number of carbonyl (C=O) groups is 1. The third-order valence-corrected chi connectivity index (χ3v) is 3.44. The average molecular weight is 260 g/mol. The van der Waals surface area contributed by atoms with Gasteiger partial charge in [0.05, 0.1) is 5.54 Å². The van der Waals surface area contributed by atoms with E-state index in [9.17, 15) is 4.79 Å². The molecule has 0 fully saturated rings. The molecule has 0 aromatic carbocycles. The van der Waals surface area contributed by atoms with Crippen LogP contribution in [0.15, 0.2) is 0 Å². The number of hydrogen-bond donors (Lipinski definition) is 2. The van der Waals surface area contributed by atoms with E-state index >= 15 is 0 Å². The van der Waals surface area contributed by atoms with Gasteiger partial charge in [-0.3, -0.25) is 4.79 Å². The maximum atomic E-state index is 11.8. The average Bonchev–Trinajstić information content (AvgIpc) is 2.27. The lowest BCUT2D eigenvalue weighted by Gasteiger charge is -2.24. The number of nitrogens with one attached hydrogen (secondary N) is 2. The molecular formula is C13H28N2OS. The predicted molar refractivity (Wildman–Crippen MR) is 77.6 cm³/mol. The second kappa shape index (κ2) is 9.77. The van der Waals surface area contributed by atoms with Crippen LogP contribution in [-0.4, -0.2) is 36.5 Å². The molecule has 0 atom stereocenters. The lowest BCUT2D eigenvalue weighted by molar-refractivity contribution is -0.126. The van der Waals surface area contributed by atoms with Crippen molar-refractivity contribution in [1.82, 2.24) is 10.6 Å². The molecule has 0 radical (unpaired) electrons. The summed E-state index contributed by atoms with van der Waals surface area (Å²) in [4.78, 5) is 11.8. The lowest BCUT2D eigenvalue weighted by Crippen LogP contribution is -2.52. The Morgan fingerprint density at radius 2 is 1.82 bits per heavy atom. The van der Waals surface area contributed by atoms with Gasteiger partial charge in [0.15, 0.2) is 0 Å². The molecule has 0 rings (SSSR count). The molecule has 0 heterocycles. The lowest BCUT2D eigenvalue weighted by atomic mass is 10.0. The van der Waals surface area contributed by atoms with E-state index in [0.717, 1.165) is 19.5 Å². The summed E-state index contributed by atoms with van der Waals surface area (Å²) >= 11 is 1.90. The van der Waals surface area contributed by atoms with Gasteiger partial charge in [0, 0.05) is 6.54 Å². The topological polar surface area (TPSA) is 41.1 Å². The van der Waals surface area contributed by atoms with Crippen LogP contribution in [0.5, 0.6) is 0 Å². The van der Waals surface area contributed by atoms with Gasteiger partial charge in [-0.05, 0) is 45.2 Å². The largest absolute Gasteiger partial charge is 0.355 e. The molecule has 2 N–H and O–H groups in total. The first-order chi connectivity index (χ1) is 8.04. The van der Waals surface area contributed by atoms with Crippen LogP contribution in [-0.2, 0) is 4.79 Å². The molecule has 0 saturated heterocycles. The second-order valence-electron chi connectivity index (χ2n) is 4.82. The van der Waals surface area contributed by atoms with E-state index in [4.69, 9.17) is 0 Å². The first-order valence-electron chi connectivity index (χ1n) is 6.57. The fourth-order valence-electron chi connectivity index (χ4n) is 1.67. The Balaban J connectivity index is 3.51. The summed E-state index contributed by atoms with van der Waals surface area (Å²) in [5.41, 5.74) is -0.451. The molecule has 0 aromatic heterocycles.